The van der Waals surface area contributed by atoms with E-state index in [9.17, 15) is 5.11 Å². The highest BCUT2D eigenvalue weighted by atomic mass is 16.5. The maximum atomic E-state index is 9.42. The molecule has 1 saturated heterocycles. The van der Waals surface area contributed by atoms with Crippen molar-refractivity contribution in [2.45, 2.75) is 19.3 Å². The highest BCUT2D eigenvalue weighted by molar-refractivity contribution is 5.50. The SMILES string of the molecule is CC(C)(CO)c1cccc(N2CCOCC2)c1. The highest BCUT2D eigenvalue weighted by Crippen LogP contribution is 2.26. The molecule has 1 N–H and O–H groups in total. The molecule has 3 nitrogen and oxygen atoms in total. The lowest BCUT2D eigenvalue weighted by Crippen LogP contribution is -2.36. The molecule has 2 rings (SSSR count). The summed E-state index contributed by atoms with van der Waals surface area (Å²) in [5, 5.41) is 9.42. The van der Waals surface area contributed by atoms with Crippen LogP contribution in [0.1, 0.15) is 19.4 Å². The van der Waals surface area contributed by atoms with Gasteiger partial charge in [-0.2, -0.15) is 0 Å². The number of aliphatic hydroxyl groups excluding tert-OH is 1. The smallest absolute Gasteiger partial charge is 0.0642 e. The van der Waals surface area contributed by atoms with E-state index in [1.807, 2.05) is 0 Å². The van der Waals surface area contributed by atoms with Crippen molar-refractivity contribution in [3.8, 4) is 0 Å². The Morgan fingerprint density at radius 2 is 2.00 bits per heavy atom. The van der Waals surface area contributed by atoms with Crippen LogP contribution in [0.15, 0.2) is 24.3 Å². The minimum absolute atomic E-state index is 0.166. The van der Waals surface area contributed by atoms with Gasteiger partial charge in [0.05, 0.1) is 19.8 Å². The Hall–Kier alpha value is -1.06. The normalized spacial score (nSPS) is 17.2. The van der Waals surface area contributed by atoms with Gasteiger partial charge in [0.1, 0.15) is 0 Å². The van der Waals surface area contributed by atoms with Crippen LogP contribution in [0.3, 0.4) is 0 Å². The third-order valence-corrected chi connectivity index (χ3v) is 3.40. The van der Waals surface area contributed by atoms with Crippen LogP contribution in [0.2, 0.25) is 0 Å². The molecule has 0 unspecified atom stereocenters. The lowest BCUT2D eigenvalue weighted by atomic mass is 9.85. The van der Waals surface area contributed by atoms with Gasteiger partial charge in [0.2, 0.25) is 0 Å². The molecule has 1 aromatic carbocycles. The number of morpholine rings is 1. The Morgan fingerprint density at radius 1 is 1.29 bits per heavy atom. The molecular weight excluding hydrogens is 214 g/mol. The van der Waals surface area contributed by atoms with Crippen molar-refractivity contribution >= 4 is 5.69 Å². The molecule has 0 radical (unpaired) electrons. The number of hydrogen-bond acceptors (Lipinski definition) is 3. The van der Waals surface area contributed by atoms with Crippen molar-refractivity contribution in [3.63, 3.8) is 0 Å². The average Bonchev–Trinajstić information content (AvgIpc) is 2.40. The largest absolute Gasteiger partial charge is 0.395 e. The van der Waals surface area contributed by atoms with E-state index in [0.717, 1.165) is 26.3 Å². The van der Waals surface area contributed by atoms with Crippen LogP contribution in [-0.2, 0) is 10.2 Å². The minimum Gasteiger partial charge on any atom is -0.395 e. The molecule has 1 aliphatic rings. The summed E-state index contributed by atoms with van der Waals surface area (Å²) in [6.45, 7) is 7.78. The number of hydrogen-bond donors (Lipinski definition) is 1. The van der Waals surface area contributed by atoms with Gasteiger partial charge in [0.25, 0.3) is 0 Å². The first-order valence-electron chi connectivity index (χ1n) is 6.17. The van der Waals surface area contributed by atoms with Gasteiger partial charge in [-0.15, -0.1) is 0 Å². The summed E-state index contributed by atoms with van der Waals surface area (Å²) in [7, 11) is 0. The van der Waals surface area contributed by atoms with Gasteiger partial charge < -0.3 is 14.7 Å². The van der Waals surface area contributed by atoms with Gasteiger partial charge in [-0.05, 0) is 17.7 Å². The number of aliphatic hydroxyl groups is 1. The van der Waals surface area contributed by atoms with E-state index in [1.165, 1.54) is 11.3 Å². The zero-order valence-corrected chi connectivity index (χ0v) is 10.6. The number of rotatable bonds is 3. The van der Waals surface area contributed by atoms with E-state index in [2.05, 4.69) is 43.0 Å². The number of nitrogens with zero attached hydrogens (tertiary/aromatic N) is 1. The highest BCUT2D eigenvalue weighted by Gasteiger charge is 2.20. The monoisotopic (exact) mass is 235 g/mol. The Kier molecular flexibility index (Phi) is 3.69. The van der Waals surface area contributed by atoms with Crippen LogP contribution in [0.4, 0.5) is 5.69 Å². The quantitative estimate of drug-likeness (QED) is 0.867. The first-order valence-corrected chi connectivity index (χ1v) is 6.17. The minimum atomic E-state index is -0.178. The van der Waals surface area contributed by atoms with Gasteiger partial charge in [0, 0.05) is 24.2 Å². The van der Waals surface area contributed by atoms with E-state index < -0.39 is 0 Å². The van der Waals surface area contributed by atoms with E-state index in [0.29, 0.717) is 0 Å². The molecule has 1 heterocycles. The summed E-state index contributed by atoms with van der Waals surface area (Å²) >= 11 is 0. The zero-order chi connectivity index (χ0) is 12.3. The van der Waals surface area contributed by atoms with Crippen LogP contribution >= 0.6 is 0 Å². The molecule has 1 aliphatic heterocycles. The van der Waals surface area contributed by atoms with E-state index >= 15 is 0 Å². The molecule has 0 atom stereocenters. The van der Waals surface area contributed by atoms with Crippen molar-refractivity contribution in [1.29, 1.82) is 0 Å². The molecule has 1 fully saturated rings. The summed E-state index contributed by atoms with van der Waals surface area (Å²) in [5.74, 6) is 0. The maximum Gasteiger partial charge on any atom is 0.0642 e. The van der Waals surface area contributed by atoms with Gasteiger partial charge in [-0.3, -0.25) is 0 Å². The number of anilines is 1. The zero-order valence-electron chi connectivity index (χ0n) is 10.6. The maximum absolute atomic E-state index is 9.42. The third kappa shape index (κ3) is 2.79. The average molecular weight is 235 g/mol. The lowest BCUT2D eigenvalue weighted by Gasteiger charge is -2.30. The second-order valence-electron chi connectivity index (χ2n) is 5.19. The lowest BCUT2D eigenvalue weighted by molar-refractivity contribution is 0.122. The number of benzene rings is 1. The van der Waals surface area contributed by atoms with E-state index in [1.54, 1.807) is 0 Å². The first-order chi connectivity index (χ1) is 8.13. The van der Waals surface area contributed by atoms with Crippen molar-refractivity contribution in [2.24, 2.45) is 0 Å². The van der Waals surface area contributed by atoms with Gasteiger partial charge in [-0.25, -0.2) is 0 Å². The fourth-order valence-corrected chi connectivity index (χ4v) is 2.04. The molecule has 1 aromatic rings. The van der Waals surface area contributed by atoms with Crippen LogP contribution < -0.4 is 4.90 Å². The second kappa shape index (κ2) is 5.07. The van der Waals surface area contributed by atoms with E-state index in [4.69, 9.17) is 4.74 Å². The van der Waals surface area contributed by atoms with Crippen LogP contribution in [0.5, 0.6) is 0 Å². The summed E-state index contributed by atoms with van der Waals surface area (Å²) in [6.07, 6.45) is 0. The van der Waals surface area contributed by atoms with Crippen molar-refractivity contribution in [3.05, 3.63) is 29.8 Å². The Balaban J connectivity index is 2.21. The summed E-state index contributed by atoms with van der Waals surface area (Å²) in [4.78, 5) is 2.33. The van der Waals surface area contributed by atoms with Crippen LogP contribution in [0, 0.1) is 0 Å². The summed E-state index contributed by atoms with van der Waals surface area (Å²) < 4.78 is 5.36. The van der Waals surface area contributed by atoms with Gasteiger partial charge >= 0.3 is 0 Å². The molecule has 17 heavy (non-hydrogen) atoms. The van der Waals surface area contributed by atoms with Crippen molar-refractivity contribution < 1.29 is 9.84 Å². The van der Waals surface area contributed by atoms with Crippen molar-refractivity contribution in [2.75, 3.05) is 37.8 Å². The first kappa shape index (κ1) is 12.4. The molecule has 0 saturated carbocycles. The fourth-order valence-electron chi connectivity index (χ4n) is 2.04. The molecule has 0 aromatic heterocycles. The Bertz CT molecular complexity index is 370. The van der Waals surface area contributed by atoms with Gasteiger partial charge in [-0.1, -0.05) is 26.0 Å². The molecule has 3 heteroatoms. The predicted octanol–water partition coefficient (Wildman–Crippen LogP) is 1.79. The standard InChI is InChI=1S/C14H21NO2/c1-14(2,11-16)12-4-3-5-13(10-12)15-6-8-17-9-7-15/h3-5,10,16H,6-9,11H2,1-2H3. The molecule has 0 aliphatic carbocycles. The molecule has 0 amide bonds. The van der Waals surface area contributed by atoms with Gasteiger partial charge in [0.15, 0.2) is 0 Å². The number of ether oxygens (including phenoxy) is 1. The summed E-state index contributed by atoms with van der Waals surface area (Å²) in [5.41, 5.74) is 2.23. The Labute approximate surface area is 103 Å². The van der Waals surface area contributed by atoms with Crippen LogP contribution in [0.25, 0.3) is 0 Å². The van der Waals surface area contributed by atoms with Crippen LogP contribution in [-0.4, -0.2) is 38.0 Å². The molecule has 94 valence electrons. The Morgan fingerprint density at radius 3 is 2.65 bits per heavy atom. The molecule has 0 spiro atoms. The second-order valence-corrected chi connectivity index (χ2v) is 5.19. The molecular formula is C14H21NO2. The topological polar surface area (TPSA) is 32.7 Å². The van der Waals surface area contributed by atoms with E-state index in [-0.39, 0.29) is 12.0 Å². The summed E-state index contributed by atoms with van der Waals surface area (Å²) in [6, 6.07) is 8.46. The van der Waals surface area contributed by atoms with Crippen molar-refractivity contribution in [1.82, 2.24) is 0 Å². The molecule has 0 bridgehead atoms. The third-order valence-electron chi connectivity index (χ3n) is 3.40. The predicted molar refractivity (Wildman–Crippen MR) is 69.6 cm³/mol. The fraction of sp³-hybridized carbons (Fsp3) is 0.571.